The number of rotatable bonds is 7. The summed E-state index contributed by atoms with van der Waals surface area (Å²) in [5.41, 5.74) is 1.73. The number of hydrogen-bond acceptors (Lipinski definition) is 8. The minimum Gasteiger partial charge on any atom is -0.447 e. The molecular weight excluding hydrogens is 465 g/mol. The maximum absolute atomic E-state index is 14.7. The summed E-state index contributed by atoms with van der Waals surface area (Å²) < 4.78 is 24.8. The topological polar surface area (TPSA) is 64.1 Å². The van der Waals surface area contributed by atoms with E-state index < -0.39 is 0 Å². The van der Waals surface area contributed by atoms with Crippen molar-refractivity contribution in [2.75, 3.05) is 38.2 Å². The average molecular weight is 496 g/mol. The minimum atomic E-state index is -0.261. The number of amides is 1. The summed E-state index contributed by atoms with van der Waals surface area (Å²) in [5.74, 6) is 0.408. The van der Waals surface area contributed by atoms with Gasteiger partial charge < -0.3 is 14.5 Å². The maximum atomic E-state index is 14.7. The van der Waals surface area contributed by atoms with Gasteiger partial charge in [0.1, 0.15) is 5.82 Å². The minimum absolute atomic E-state index is 0.0997. The van der Waals surface area contributed by atoms with Crippen LogP contribution in [0.2, 0.25) is 0 Å². The lowest BCUT2D eigenvalue weighted by Crippen LogP contribution is -2.39. The van der Waals surface area contributed by atoms with E-state index in [0.717, 1.165) is 55.1 Å². The third-order valence-electron chi connectivity index (χ3n) is 6.04. The third kappa shape index (κ3) is 5.98. The first-order chi connectivity index (χ1) is 15.9. The Labute approximate surface area is 202 Å². The predicted molar refractivity (Wildman–Crippen MR) is 127 cm³/mol. The summed E-state index contributed by atoms with van der Waals surface area (Å²) in [7, 11) is 1.42. The lowest BCUT2D eigenvalue weighted by atomic mass is 9.94. The molecule has 3 heterocycles. The van der Waals surface area contributed by atoms with Crippen LogP contribution in [0.15, 0.2) is 28.5 Å². The highest BCUT2D eigenvalue weighted by atomic mass is 32.2. The highest BCUT2D eigenvalue weighted by Gasteiger charge is 2.30. The van der Waals surface area contributed by atoms with E-state index in [0.29, 0.717) is 35.5 Å². The summed E-state index contributed by atoms with van der Waals surface area (Å²) in [6, 6.07) is 5.10. The van der Waals surface area contributed by atoms with E-state index in [2.05, 4.69) is 15.2 Å². The molecular formula is C23H30FN3O4S2. The van der Waals surface area contributed by atoms with Gasteiger partial charge in [-0.1, -0.05) is 0 Å². The molecule has 0 saturated carbocycles. The molecule has 2 aliphatic rings. The van der Waals surface area contributed by atoms with Crippen LogP contribution in [0.5, 0.6) is 0 Å². The lowest BCUT2D eigenvalue weighted by molar-refractivity contribution is -0.160. The second kappa shape index (κ2) is 11.0. The lowest BCUT2D eigenvalue weighted by Gasteiger charge is -2.31. The van der Waals surface area contributed by atoms with Crippen LogP contribution in [0, 0.1) is 5.82 Å². The number of carbonyl (C=O) groups excluding carboxylic acids is 1. The molecule has 2 fully saturated rings. The van der Waals surface area contributed by atoms with Gasteiger partial charge in [0.15, 0.2) is 0 Å². The summed E-state index contributed by atoms with van der Waals surface area (Å²) in [6.07, 6.45) is 2.43. The fourth-order valence-corrected chi connectivity index (χ4v) is 5.81. The number of likely N-dealkylation sites (tertiary alicyclic amines) is 1. The first-order valence-electron chi connectivity index (χ1n) is 11.3. The first kappa shape index (κ1) is 24.3. The van der Waals surface area contributed by atoms with Gasteiger partial charge in [0, 0.05) is 48.3 Å². The Morgan fingerprint density at radius 1 is 1.21 bits per heavy atom. The van der Waals surface area contributed by atoms with E-state index in [1.807, 2.05) is 19.9 Å². The van der Waals surface area contributed by atoms with E-state index in [1.165, 1.54) is 13.2 Å². The van der Waals surface area contributed by atoms with Gasteiger partial charge in [0.05, 0.1) is 41.6 Å². The molecule has 0 radical (unpaired) electrons. The Kier molecular flexibility index (Phi) is 8.11. The zero-order valence-electron chi connectivity index (χ0n) is 19.2. The highest BCUT2D eigenvalue weighted by Crippen LogP contribution is 2.37. The van der Waals surface area contributed by atoms with Crippen molar-refractivity contribution < 1.29 is 23.1 Å². The summed E-state index contributed by atoms with van der Waals surface area (Å²) >= 11 is 2.68. The largest absolute Gasteiger partial charge is 0.447 e. The van der Waals surface area contributed by atoms with Gasteiger partial charge in [-0.25, -0.2) is 19.1 Å². The van der Waals surface area contributed by atoms with Gasteiger partial charge in [0.25, 0.3) is 0 Å². The predicted octanol–water partition coefficient (Wildman–Crippen LogP) is 5.59. The molecule has 1 aromatic carbocycles. The van der Waals surface area contributed by atoms with Gasteiger partial charge in [-0.3, -0.25) is 0 Å². The van der Waals surface area contributed by atoms with Crippen LogP contribution in [-0.4, -0.2) is 55.4 Å². The normalized spacial score (nSPS) is 19.5. The number of thiazole rings is 1. The first-order valence-corrected chi connectivity index (χ1v) is 12.9. The molecule has 0 spiro atoms. The van der Waals surface area contributed by atoms with Gasteiger partial charge in [-0.05, 0) is 51.3 Å². The Bertz CT molecular complexity index is 950. The molecule has 180 valence electrons. The van der Waals surface area contributed by atoms with Crippen molar-refractivity contribution in [3.63, 3.8) is 0 Å². The third-order valence-corrected chi connectivity index (χ3v) is 7.72. The number of nitrogens with zero attached hydrogens (tertiary/aromatic N) is 3. The van der Waals surface area contributed by atoms with Crippen molar-refractivity contribution in [3.8, 4) is 0 Å². The number of benzene rings is 1. The fraction of sp³-hybridized carbons (Fsp3) is 0.565. The smallest absolute Gasteiger partial charge is 0.410 e. The van der Waals surface area contributed by atoms with Crippen LogP contribution in [0.25, 0.3) is 0 Å². The molecule has 0 aliphatic carbocycles. The molecule has 1 atom stereocenters. The summed E-state index contributed by atoms with van der Waals surface area (Å²) in [6.45, 7) is 6.68. The van der Waals surface area contributed by atoms with Crippen molar-refractivity contribution in [1.82, 2.24) is 9.88 Å². The van der Waals surface area contributed by atoms with E-state index in [1.54, 1.807) is 22.3 Å². The Morgan fingerprint density at radius 2 is 1.97 bits per heavy atom. The second-order valence-corrected chi connectivity index (χ2v) is 10.3. The molecule has 2 saturated heterocycles. The molecule has 2 aliphatic heterocycles. The van der Waals surface area contributed by atoms with Crippen molar-refractivity contribution in [3.05, 3.63) is 40.1 Å². The highest BCUT2D eigenvalue weighted by molar-refractivity contribution is 7.94. The molecule has 7 nitrogen and oxygen atoms in total. The molecule has 0 N–H and O–H groups in total. The molecule has 1 amide bonds. The quantitative estimate of drug-likeness (QED) is 0.282. The van der Waals surface area contributed by atoms with Crippen LogP contribution < -0.4 is 4.90 Å². The van der Waals surface area contributed by atoms with Crippen LogP contribution in [0.1, 0.15) is 55.6 Å². The second-order valence-electron chi connectivity index (χ2n) is 8.67. The number of ether oxygens (including phenoxy) is 1. The zero-order valence-corrected chi connectivity index (χ0v) is 20.8. The maximum Gasteiger partial charge on any atom is 0.410 e. The zero-order chi connectivity index (χ0) is 23.4. The number of carbonyl (C=O) groups is 1. The van der Waals surface area contributed by atoms with Crippen molar-refractivity contribution in [1.29, 1.82) is 0 Å². The average Bonchev–Trinajstić information content (AvgIpc) is 3.47. The molecule has 4 rings (SSSR count). The number of aromatic nitrogens is 1. The van der Waals surface area contributed by atoms with Crippen LogP contribution in [-0.2, 0) is 14.0 Å². The Balaban J connectivity index is 1.32. The van der Waals surface area contributed by atoms with Gasteiger partial charge in [0.2, 0.25) is 0 Å². The number of anilines is 1. The van der Waals surface area contributed by atoms with Crippen LogP contribution in [0.4, 0.5) is 14.9 Å². The number of hydrogen-bond donors (Lipinski definition) is 0. The number of piperidine rings is 1. The molecule has 2 aromatic rings. The van der Waals surface area contributed by atoms with Crippen LogP contribution in [0.3, 0.4) is 0 Å². The molecule has 0 unspecified atom stereocenters. The monoisotopic (exact) mass is 495 g/mol. The number of halogens is 1. The Hall–Kier alpha value is -1.88. The van der Waals surface area contributed by atoms with Crippen molar-refractivity contribution in [2.24, 2.45) is 0 Å². The van der Waals surface area contributed by atoms with E-state index in [4.69, 9.17) is 14.1 Å². The van der Waals surface area contributed by atoms with Gasteiger partial charge in [-0.15, -0.1) is 11.3 Å². The summed E-state index contributed by atoms with van der Waals surface area (Å²) in [4.78, 5) is 26.2. The van der Waals surface area contributed by atoms with Gasteiger partial charge in [-0.2, -0.15) is 4.33 Å². The van der Waals surface area contributed by atoms with Crippen molar-refractivity contribution in [2.45, 2.75) is 55.9 Å². The molecule has 33 heavy (non-hydrogen) atoms. The molecule has 1 aromatic heterocycles. The molecule has 0 bridgehead atoms. The van der Waals surface area contributed by atoms with E-state index in [9.17, 15) is 9.18 Å². The van der Waals surface area contributed by atoms with Crippen LogP contribution >= 0.6 is 23.4 Å². The summed E-state index contributed by atoms with van der Waals surface area (Å²) in [5, 5.41) is 3.28. The molecule has 10 heteroatoms. The Morgan fingerprint density at radius 3 is 2.67 bits per heavy atom. The van der Waals surface area contributed by atoms with Crippen molar-refractivity contribution >= 4 is 35.2 Å². The van der Waals surface area contributed by atoms with E-state index >= 15 is 0 Å². The standard InChI is InChI=1S/C23H30FN3O4S2/c1-15(2)30-23(28)26-9-6-16(7-10-26)20-14-32-22(25-20)17-8-11-27(13-17)21-5-4-18(12-19(21)24)33-31-29-3/h4-5,12,14-17H,6-11,13H2,1-3H3/t17-/m0/s1. The SMILES string of the molecule is COOSc1ccc(N2CC[C@H](c3nc(C4CCN(C(=O)OC(C)C)CC4)cs3)C2)c(F)c1. The van der Waals surface area contributed by atoms with Gasteiger partial charge >= 0.3 is 6.09 Å². The fourth-order valence-electron chi connectivity index (χ4n) is 4.36. The van der Waals surface area contributed by atoms with E-state index in [-0.39, 0.29) is 18.0 Å².